The van der Waals surface area contributed by atoms with E-state index in [1.807, 2.05) is 19.2 Å². The molecule has 0 amide bonds. The minimum Gasteiger partial charge on any atom is -0.492 e. The molecule has 21 heavy (non-hydrogen) atoms. The van der Waals surface area contributed by atoms with Crippen molar-refractivity contribution in [2.24, 2.45) is 5.73 Å². The smallest absolute Gasteiger partial charge is 0.119 e. The molecule has 1 saturated heterocycles. The molecule has 4 heteroatoms. The molecule has 4 nitrogen and oxygen atoms in total. The quantitative estimate of drug-likeness (QED) is 0.836. The number of nitrogens with zero attached hydrogens (tertiary/aromatic N) is 1. The van der Waals surface area contributed by atoms with Gasteiger partial charge in [-0.2, -0.15) is 0 Å². The Balaban J connectivity index is 1.73. The van der Waals surface area contributed by atoms with Gasteiger partial charge in [0.15, 0.2) is 0 Å². The first-order valence-corrected chi connectivity index (χ1v) is 7.84. The molecule has 1 aromatic rings. The van der Waals surface area contributed by atoms with Crippen molar-refractivity contribution in [3.63, 3.8) is 0 Å². The van der Waals surface area contributed by atoms with E-state index in [0.29, 0.717) is 6.54 Å². The van der Waals surface area contributed by atoms with Crippen LogP contribution in [0.4, 0.5) is 0 Å². The zero-order valence-electron chi connectivity index (χ0n) is 13.3. The summed E-state index contributed by atoms with van der Waals surface area (Å²) in [6, 6.07) is 8.23. The maximum absolute atomic E-state index is 5.83. The summed E-state index contributed by atoms with van der Waals surface area (Å²) < 4.78 is 11.4. The largest absolute Gasteiger partial charge is 0.492 e. The Morgan fingerprint density at radius 2 is 2.05 bits per heavy atom. The lowest BCUT2D eigenvalue weighted by molar-refractivity contribution is -0.0524. The average Bonchev–Trinajstić information content (AvgIpc) is 2.50. The van der Waals surface area contributed by atoms with Crippen LogP contribution >= 0.6 is 0 Å². The summed E-state index contributed by atoms with van der Waals surface area (Å²) in [5.74, 6) is 0.933. The number of methoxy groups -OCH3 is 1. The van der Waals surface area contributed by atoms with E-state index in [-0.39, 0.29) is 5.60 Å². The van der Waals surface area contributed by atoms with Gasteiger partial charge < -0.3 is 15.2 Å². The molecule has 0 aliphatic carbocycles. The van der Waals surface area contributed by atoms with Gasteiger partial charge in [0.05, 0.1) is 5.60 Å². The molecule has 0 bridgehead atoms. The Kier molecular flexibility index (Phi) is 6.03. The molecule has 118 valence electrons. The first-order valence-electron chi connectivity index (χ1n) is 7.84. The summed E-state index contributed by atoms with van der Waals surface area (Å²) in [6.45, 7) is 6.67. The number of ether oxygens (including phenoxy) is 2. The van der Waals surface area contributed by atoms with Gasteiger partial charge in [-0.15, -0.1) is 0 Å². The highest BCUT2D eigenvalue weighted by Gasteiger charge is 2.30. The van der Waals surface area contributed by atoms with Crippen molar-refractivity contribution in [2.75, 3.05) is 39.9 Å². The maximum Gasteiger partial charge on any atom is 0.119 e. The van der Waals surface area contributed by atoms with Crippen LogP contribution in [-0.4, -0.2) is 50.4 Å². The van der Waals surface area contributed by atoms with Crippen LogP contribution in [0.3, 0.4) is 0 Å². The summed E-state index contributed by atoms with van der Waals surface area (Å²) >= 11 is 0. The number of hydrogen-bond donors (Lipinski definition) is 1. The highest BCUT2D eigenvalue weighted by Crippen LogP contribution is 2.23. The molecule has 1 fully saturated rings. The van der Waals surface area contributed by atoms with Crippen molar-refractivity contribution >= 4 is 0 Å². The van der Waals surface area contributed by atoms with Crippen LogP contribution in [0.25, 0.3) is 0 Å². The fourth-order valence-corrected chi connectivity index (χ4v) is 2.88. The SMILES string of the molecule is COC1(C)CCCN(CCOc2ccc(CCN)cc2)C1. The number of piperidine rings is 1. The van der Waals surface area contributed by atoms with Gasteiger partial charge >= 0.3 is 0 Å². The molecule has 1 aliphatic heterocycles. The van der Waals surface area contributed by atoms with Crippen molar-refractivity contribution in [1.82, 2.24) is 4.90 Å². The number of rotatable bonds is 7. The number of nitrogens with two attached hydrogens (primary N) is 1. The molecule has 0 spiro atoms. The molecule has 0 aromatic heterocycles. The van der Waals surface area contributed by atoms with E-state index >= 15 is 0 Å². The molecule has 2 rings (SSSR count). The molecule has 1 aliphatic rings. The van der Waals surface area contributed by atoms with Gasteiger partial charge in [0.25, 0.3) is 0 Å². The van der Waals surface area contributed by atoms with Crippen molar-refractivity contribution in [1.29, 1.82) is 0 Å². The average molecular weight is 292 g/mol. The number of benzene rings is 1. The molecule has 1 atom stereocenters. The second kappa shape index (κ2) is 7.78. The van der Waals surface area contributed by atoms with Gasteiger partial charge in [-0.3, -0.25) is 4.90 Å². The van der Waals surface area contributed by atoms with Gasteiger partial charge in [0, 0.05) is 20.2 Å². The van der Waals surface area contributed by atoms with Crippen LogP contribution in [0, 0.1) is 0 Å². The van der Waals surface area contributed by atoms with Crippen LogP contribution < -0.4 is 10.5 Å². The highest BCUT2D eigenvalue weighted by molar-refractivity contribution is 5.27. The lowest BCUT2D eigenvalue weighted by Crippen LogP contribution is -2.48. The Bertz CT molecular complexity index is 421. The Morgan fingerprint density at radius 3 is 2.71 bits per heavy atom. The molecule has 1 unspecified atom stereocenters. The molecule has 0 radical (unpaired) electrons. The first-order chi connectivity index (χ1) is 10.1. The van der Waals surface area contributed by atoms with E-state index in [2.05, 4.69) is 24.0 Å². The van der Waals surface area contributed by atoms with E-state index in [4.69, 9.17) is 15.2 Å². The zero-order valence-corrected chi connectivity index (χ0v) is 13.3. The van der Waals surface area contributed by atoms with E-state index in [9.17, 15) is 0 Å². The fourth-order valence-electron chi connectivity index (χ4n) is 2.88. The third-order valence-corrected chi connectivity index (χ3v) is 4.26. The molecule has 1 aromatic carbocycles. The van der Waals surface area contributed by atoms with Crippen LogP contribution in [0.5, 0.6) is 5.75 Å². The zero-order chi connectivity index (χ0) is 15.1. The van der Waals surface area contributed by atoms with E-state index in [1.165, 1.54) is 12.0 Å². The second-order valence-corrected chi connectivity index (χ2v) is 6.06. The summed E-state index contributed by atoms with van der Waals surface area (Å²) in [4.78, 5) is 2.43. The first kappa shape index (κ1) is 16.3. The molecule has 1 heterocycles. The van der Waals surface area contributed by atoms with Crippen LogP contribution in [-0.2, 0) is 11.2 Å². The van der Waals surface area contributed by atoms with E-state index < -0.39 is 0 Å². The molecule has 2 N–H and O–H groups in total. The van der Waals surface area contributed by atoms with Crippen LogP contribution in [0.1, 0.15) is 25.3 Å². The normalized spacial score (nSPS) is 23.2. The predicted octanol–water partition coefficient (Wildman–Crippen LogP) is 2.07. The molecular weight excluding hydrogens is 264 g/mol. The highest BCUT2D eigenvalue weighted by atomic mass is 16.5. The fraction of sp³-hybridized carbons (Fsp3) is 0.647. The monoisotopic (exact) mass is 292 g/mol. The van der Waals surface area contributed by atoms with Crippen LogP contribution in [0.15, 0.2) is 24.3 Å². The van der Waals surface area contributed by atoms with Gasteiger partial charge in [-0.25, -0.2) is 0 Å². The third-order valence-electron chi connectivity index (χ3n) is 4.26. The van der Waals surface area contributed by atoms with Crippen molar-refractivity contribution in [3.8, 4) is 5.75 Å². The van der Waals surface area contributed by atoms with Crippen molar-refractivity contribution in [3.05, 3.63) is 29.8 Å². The lowest BCUT2D eigenvalue weighted by Gasteiger charge is -2.39. The minimum absolute atomic E-state index is 0.00211. The summed E-state index contributed by atoms with van der Waals surface area (Å²) in [7, 11) is 1.81. The number of hydrogen-bond acceptors (Lipinski definition) is 4. The Hall–Kier alpha value is -1.10. The minimum atomic E-state index is 0.00211. The predicted molar refractivity (Wildman–Crippen MR) is 85.8 cm³/mol. The van der Waals surface area contributed by atoms with E-state index in [0.717, 1.165) is 44.8 Å². The standard InChI is InChI=1S/C17H28N2O2/c1-17(20-2)9-3-11-19(14-17)12-13-21-16-6-4-15(5-7-16)8-10-18/h4-7H,3,8-14,18H2,1-2H3. The Morgan fingerprint density at radius 1 is 1.29 bits per heavy atom. The topological polar surface area (TPSA) is 47.7 Å². The van der Waals surface area contributed by atoms with Gasteiger partial charge in [0.1, 0.15) is 12.4 Å². The second-order valence-electron chi connectivity index (χ2n) is 6.06. The summed E-state index contributed by atoms with van der Waals surface area (Å²) in [5.41, 5.74) is 6.81. The Labute approximate surface area is 128 Å². The third kappa shape index (κ3) is 4.99. The van der Waals surface area contributed by atoms with Gasteiger partial charge in [-0.05, 0) is 57.0 Å². The van der Waals surface area contributed by atoms with Gasteiger partial charge in [0.2, 0.25) is 0 Å². The summed E-state index contributed by atoms with van der Waals surface area (Å²) in [6.07, 6.45) is 3.26. The van der Waals surface area contributed by atoms with Crippen LogP contribution in [0.2, 0.25) is 0 Å². The van der Waals surface area contributed by atoms with Crippen molar-refractivity contribution < 1.29 is 9.47 Å². The maximum atomic E-state index is 5.83. The lowest BCUT2D eigenvalue weighted by atomic mass is 9.95. The molecule has 0 saturated carbocycles. The van der Waals surface area contributed by atoms with Gasteiger partial charge in [-0.1, -0.05) is 12.1 Å². The van der Waals surface area contributed by atoms with Crippen molar-refractivity contribution in [2.45, 2.75) is 31.8 Å². The molecular formula is C17H28N2O2. The summed E-state index contributed by atoms with van der Waals surface area (Å²) in [5, 5.41) is 0. The number of likely N-dealkylation sites (tertiary alicyclic amines) is 1. The van der Waals surface area contributed by atoms with E-state index in [1.54, 1.807) is 0 Å².